The molecule has 4 nitrogen and oxygen atoms in total. The van der Waals surface area contributed by atoms with E-state index < -0.39 is 0 Å². The van der Waals surface area contributed by atoms with Gasteiger partial charge in [-0.3, -0.25) is 9.59 Å². The van der Waals surface area contributed by atoms with E-state index in [1.54, 1.807) is 0 Å². The van der Waals surface area contributed by atoms with Crippen molar-refractivity contribution in [2.24, 2.45) is 0 Å². The quantitative estimate of drug-likeness (QED) is 0.725. The third kappa shape index (κ3) is 7.83. The van der Waals surface area contributed by atoms with Gasteiger partial charge in [0, 0.05) is 31.0 Å². The first-order chi connectivity index (χ1) is 9.52. The number of Topliss-reactive ketones (excluding diaryl/α,β-unsaturated/α-hetero) is 1. The molecule has 0 spiro atoms. The Bertz CT molecular complexity index is 446. The number of hydrogen-bond acceptors (Lipinski definition) is 3. The Morgan fingerprint density at radius 1 is 1.14 bits per heavy atom. The van der Waals surface area contributed by atoms with E-state index in [0.717, 1.165) is 12.1 Å². The van der Waals surface area contributed by atoms with Crippen LogP contribution in [-0.4, -0.2) is 30.8 Å². The fraction of sp³-hybridized carbons (Fsp3) is 0.500. The van der Waals surface area contributed by atoms with E-state index in [1.807, 2.05) is 45.0 Å². The van der Waals surface area contributed by atoms with Crippen LogP contribution in [0.5, 0.6) is 0 Å². The highest BCUT2D eigenvalue weighted by molar-refractivity contribution is 5.97. The maximum atomic E-state index is 11.9. The van der Waals surface area contributed by atoms with E-state index in [1.165, 1.54) is 0 Å². The zero-order valence-electron chi connectivity index (χ0n) is 12.9. The number of carbonyl (C=O) groups is 2. The number of ketones is 1. The topological polar surface area (TPSA) is 58.2 Å². The van der Waals surface area contributed by atoms with Crippen LogP contribution in [0.3, 0.4) is 0 Å². The number of rotatable bonds is 8. The molecule has 0 aliphatic heterocycles. The van der Waals surface area contributed by atoms with Gasteiger partial charge >= 0.3 is 0 Å². The number of aryl methyl sites for hydroxylation is 1. The first-order valence-electron chi connectivity index (χ1n) is 7.13. The van der Waals surface area contributed by atoms with Crippen molar-refractivity contribution in [2.75, 3.05) is 13.1 Å². The normalized spacial score (nSPS) is 11.4. The van der Waals surface area contributed by atoms with E-state index in [2.05, 4.69) is 10.6 Å². The lowest BCUT2D eigenvalue weighted by Gasteiger charge is -2.13. The first-order valence-corrected chi connectivity index (χ1v) is 7.13. The maximum Gasteiger partial charge on any atom is 0.220 e. The zero-order chi connectivity index (χ0) is 15.0. The summed E-state index contributed by atoms with van der Waals surface area (Å²) in [6.45, 7) is 7.49. The summed E-state index contributed by atoms with van der Waals surface area (Å²) < 4.78 is 0. The Hall–Kier alpha value is -1.39. The monoisotopic (exact) mass is 312 g/mol. The summed E-state index contributed by atoms with van der Waals surface area (Å²) in [6, 6.07) is 7.68. The Morgan fingerprint density at radius 3 is 2.33 bits per heavy atom. The lowest BCUT2D eigenvalue weighted by Crippen LogP contribution is -2.38. The fourth-order valence-electron chi connectivity index (χ4n) is 1.89. The van der Waals surface area contributed by atoms with Gasteiger partial charge in [-0.2, -0.15) is 0 Å². The molecule has 1 aromatic carbocycles. The van der Waals surface area contributed by atoms with Crippen molar-refractivity contribution in [1.29, 1.82) is 0 Å². The standard InChI is InChI=1S/C16H24N2O2.ClH/c1-4-17-13(3)11-18-16(20)10-9-15(19)14-7-5-12(2)6-8-14;/h5-8,13,17H,4,9-11H2,1-3H3,(H,18,20);1H/t13-;/m1./s1. The molecule has 0 heterocycles. The van der Waals surface area contributed by atoms with Gasteiger partial charge in [-0.15, -0.1) is 12.4 Å². The van der Waals surface area contributed by atoms with Gasteiger partial charge in [-0.1, -0.05) is 36.8 Å². The average Bonchev–Trinajstić information content (AvgIpc) is 2.43. The number of benzene rings is 1. The predicted octanol–water partition coefficient (Wildman–Crippen LogP) is 2.49. The van der Waals surface area contributed by atoms with Crippen LogP contribution in [0.2, 0.25) is 0 Å². The van der Waals surface area contributed by atoms with Gasteiger partial charge in [0.1, 0.15) is 0 Å². The van der Waals surface area contributed by atoms with Crippen molar-refractivity contribution in [1.82, 2.24) is 10.6 Å². The van der Waals surface area contributed by atoms with Crippen molar-refractivity contribution in [2.45, 2.75) is 39.7 Å². The molecular weight excluding hydrogens is 288 g/mol. The molecule has 0 aliphatic carbocycles. The van der Waals surface area contributed by atoms with Gasteiger partial charge in [0.15, 0.2) is 5.78 Å². The van der Waals surface area contributed by atoms with E-state index in [-0.39, 0.29) is 43.0 Å². The van der Waals surface area contributed by atoms with Gasteiger partial charge in [-0.25, -0.2) is 0 Å². The second-order valence-electron chi connectivity index (χ2n) is 5.05. The lowest BCUT2D eigenvalue weighted by atomic mass is 10.0. The molecule has 0 bridgehead atoms. The predicted molar refractivity (Wildman–Crippen MR) is 88.1 cm³/mol. The molecule has 1 aromatic rings. The Kier molecular flexibility index (Phi) is 9.67. The maximum absolute atomic E-state index is 11.9. The molecule has 0 aromatic heterocycles. The summed E-state index contributed by atoms with van der Waals surface area (Å²) in [4.78, 5) is 23.6. The molecule has 0 unspecified atom stereocenters. The van der Waals surface area contributed by atoms with Crippen molar-refractivity contribution >= 4 is 24.1 Å². The highest BCUT2D eigenvalue weighted by atomic mass is 35.5. The second-order valence-corrected chi connectivity index (χ2v) is 5.05. The van der Waals surface area contributed by atoms with Crippen molar-refractivity contribution in [3.63, 3.8) is 0 Å². The number of nitrogens with one attached hydrogen (secondary N) is 2. The molecule has 21 heavy (non-hydrogen) atoms. The van der Waals surface area contributed by atoms with Crippen LogP contribution in [0.1, 0.15) is 42.6 Å². The largest absolute Gasteiger partial charge is 0.355 e. The van der Waals surface area contributed by atoms with Crippen LogP contribution < -0.4 is 10.6 Å². The summed E-state index contributed by atoms with van der Waals surface area (Å²) in [5.74, 6) is -0.0601. The molecule has 0 aliphatic rings. The SMILES string of the molecule is CCN[C@H](C)CNC(=O)CCC(=O)c1ccc(C)cc1.Cl. The molecule has 1 amide bonds. The van der Waals surface area contributed by atoms with E-state index in [4.69, 9.17) is 0 Å². The number of halogens is 1. The molecule has 0 fully saturated rings. The molecule has 2 N–H and O–H groups in total. The molecule has 1 rings (SSSR count). The minimum absolute atomic E-state index is 0. The number of likely N-dealkylation sites (N-methyl/N-ethyl adjacent to an activating group) is 1. The van der Waals surface area contributed by atoms with E-state index in [9.17, 15) is 9.59 Å². The van der Waals surface area contributed by atoms with Gasteiger partial charge in [0.2, 0.25) is 5.91 Å². The van der Waals surface area contributed by atoms with Crippen LogP contribution in [0, 0.1) is 6.92 Å². The summed E-state index contributed by atoms with van der Waals surface area (Å²) >= 11 is 0. The number of hydrogen-bond donors (Lipinski definition) is 2. The second kappa shape index (κ2) is 10.4. The van der Waals surface area contributed by atoms with Crippen LogP contribution in [0.4, 0.5) is 0 Å². The third-order valence-electron chi connectivity index (χ3n) is 3.11. The number of carbonyl (C=O) groups excluding carboxylic acids is 2. The summed E-state index contributed by atoms with van der Waals surface area (Å²) in [5.41, 5.74) is 1.79. The molecule has 5 heteroatoms. The number of amides is 1. The van der Waals surface area contributed by atoms with Gasteiger partial charge in [-0.05, 0) is 20.4 Å². The molecule has 0 radical (unpaired) electrons. The zero-order valence-corrected chi connectivity index (χ0v) is 13.8. The molecule has 118 valence electrons. The van der Waals surface area contributed by atoms with Crippen LogP contribution in [0.25, 0.3) is 0 Å². The summed E-state index contributed by atoms with van der Waals surface area (Å²) in [5, 5.41) is 6.04. The van der Waals surface area contributed by atoms with Crippen LogP contribution >= 0.6 is 12.4 Å². The molecule has 1 atom stereocenters. The molecular formula is C16H25ClN2O2. The Balaban J connectivity index is 0.00000400. The van der Waals surface area contributed by atoms with Crippen molar-refractivity contribution in [3.05, 3.63) is 35.4 Å². The average molecular weight is 313 g/mol. The molecule has 0 saturated heterocycles. The van der Waals surface area contributed by atoms with Gasteiger partial charge in [0.05, 0.1) is 0 Å². The first kappa shape index (κ1) is 19.6. The van der Waals surface area contributed by atoms with E-state index in [0.29, 0.717) is 12.1 Å². The lowest BCUT2D eigenvalue weighted by molar-refractivity contribution is -0.121. The van der Waals surface area contributed by atoms with E-state index >= 15 is 0 Å². The Morgan fingerprint density at radius 2 is 1.76 bits per heavy atom. The van der Waals surface area contributed by atoms with Crippen LogP contribution in [-0.2, 0) is 4.79 Å². The molecule has 0 saturated carbocycles. The van der Waals surface area contributed by atoms with Gasteiger partial charge < -0.3 is 10.6 Å². The van der Waals surface area contributed by atoms with Crippen molar-refractivity contribution in [3.8, 4) is 0 Å². The minimum Gasteiger partial charge on any atom is -0.355 e. The minimum atomic E-state index is -0.0739. The summed E-state index contributed by atoms with van der Waals surface area (Å²) in [7, 11) is 0. The highest BCUT2D eigenvalue weighted by Crippen LogP contribution is 2.07. The summed E-state index contributed by atoms with van der Waals surface area (Å²) in [6.07, 6.45) is 0.496. The smallest absolute Gasteiger partial charge is 0.220 e. The van der Waals surface area contributed by atoms with Gasteiger partial charge in [0.25, 0.3) is 0 Å². The third-order valence-corrected chi connectivity index (χ3v) is 3.11. The van der Waals surface area contributed by atoms with Crippen LogP contribution in [0.15, 0.2) is 24.3 Å². The van der Waals surface area contributed by atoms with Crippen molar-refractivity contribution < 1.29 is 9.59 Å². The fourth-order valence-corrected chi connectivity index (χ4v) is 1.89. The highest BCUT2D eigenvalue weighted by Gasteiger charge is 2.09. The Labute approximate surface area is 133 Å².